The van der Waals surface area contributed by atoms with Gasteiger partial charge in [-0.1, -0.05) is 0 Å². The van der Waals surface area contributed by atoms with E-state index in [4.69, 9.17) is 15.2 Å². The number of aromatic nitrogens is 2. The average Bonchev–Trinajstić information content (AvgIpc) is 3.47. The molecule has 1 fully saturated rings. The number of fused-ring (bicyclic) bond motifs is 3. The van der Waals surface area contributed by atoms with Gasteiger partial charge < -0.3 is 20.1 Å². The maximum atomic E-state index is 13.7. The standard InChI is InChI=1S/C25H25F3N4O3/c1-3-34-21-9-20(21)32(11-16-6-5-15(10-30-16)25(26,27)28)24(33)14-4-7-19-17(8-14)18-12-35-13(2)22(18)23(29)31-19/h4-8,10,13,20-21H,3,9,11-12H2,1-2H3,(H2,29,31)/t13-,20-,21-/m1/s1. The fourth-order valence-corrected chi connectivity index (χ4v) is 4.65. The van der Waals surface area contributed by atoms with Crippen molar-refractivity contribution in [3.8, 4) is 0 Å². The quantitative estimate of drug-likeness (QED) is 0.546. The lowest BCUT2D eigenvalue weighted by atomic mass is 10.00. The monoisotopic (exact) mass is 486 g/mol. The molecule has 35 heavy (non-hydrogen) atoms. The Kier molecular flexibility index (Phi) is 5.88. The van der Waals surface area contributed by atoms with Gasteiger partial charge in [0.25, 0.3) is 5.91 Å². The summed E-state index contributed by atoms with van der Waals surface area (Å²) in [5, 5.41) is 0.800. The number of alkyl halides is 3. The van der Waals surface area contributed by atoms with Crippen LogP contribution in [0.2, 0.25) is 0 Å². The number of nitrogens with two attached hydrogens (primary N) is 1. The van der Waals surface area contributed by atoms with Crippen LogP contribution in [0.5, 0.6) is 0 Å². The van der Waals surface area contributed by atoms with Gasteiger partial charge in [0.05, 0.1) is 48.2 Å². The van der Waals surface area contributed by atoms with E-state index in [9.17, 15) is 18.0 Å². The number of carbonyl (C=O) groups excluding carboxylic acids is 1. The summed E-state index contributed by atoms with van der Waals surface area (Å²) in [5.41, 5.74) is 8.55. The Bertz CT molecular complexity index is 1280. The third-order valence-electron chi connectivity index (χ3n) is 6.52. The second-order valence-electron chi connectivity index (χ2n) is 8.84. The van der Waals surface area contributed by atoms with Crippen molar-refractivity contribution in [2.75, 3.05) is 12.3 Å². The maximum Gasteiger partial charge on any atom is 0.417 e. The van der Waals surface area contributed by atoms with Gasteiger partial charge in [-0.15, -0.1) is 0 Å². The molecule has 1 aromatic carbocycles. The Hall–Kier alpha value is -3.24. The fourth-order valence-electron chi connectivity index (χ4n) is 4.65. The van der Waals surface area contributed by atoms with Crippen LogP contribution >= 0.6 is 0 Å². The van der Waals surface area contributed by atoms with Crippen molar-refractivity contribution in [2.24, 2.45) is 0 Å². The van der Waals surface area contributed by atoms with E-state index in [0.717, 1.165) is 28.8 Å². The largest absolute Gasteiger partial charge is 0.417 e. The molecule has 1 amide bonds. The number of halogens is 3. The van der Waals surface area contributed by atoms with E-state index < -0.39 is 11.7 Å². The first kappa shape index (κ1) is 23.5. The number of rotatable bonds is 6. The van der Waals surface area contributed by atoms with Gasteiger partial charge in [0.15, 0.2) is 0 Å². The highest BCUT2D eigenvalue weighted by molar-refractivity contribution is 5.99. The number of nitrogen functional groups attached to an aromatic ring is 1. The molecular weight excluding hydrogens is 461 g/mol. The number of benzene rings is 1. The number of nitrogens with zero attached hydrogens (tertiary/aromatic N) is 3. The van der Waals surface area contributed by atoms with Crippen molar-refractivity contribution < 1.29 is 27.4 Å². The summed E-state index contributed by atoms with van der Waals surface area (Å²) in [6.45, 7) is 4.75. The van der Waals surface area contributed by atoms with Crippen LogP contribution in [-0.2, 0) is 28.8 Å². The lowest BCUT2D eigenvalue weighted by molar-refractivity contribution is -0.137. The highest BCUT2D eigenvalue weighted by atomic mass is 19.4. The molecule has 2 N–H and O–H groups in total. The lowest BCUT2D eigenvalue weighted by Crippen LogP contribution is -2.35. The van der Waals surface area contributed by atoms with Crippen LogP contribution in [0, 0.1) is 0 Å². The van der Waals surface area contributed by atoms with Crippen LogP contribution in [0.15, 0.2) is 36.5 Å². The summed E-state index contributed by atoms with van der Waals surface area (Å²) in [6.07, 6.45) is -3.31. The third kappa shape index (κ3) is 4.43. The minimum Gasteiger partial charge on any atom is -0.383 e. The molecule has 5 rings (SSSR count). The topological polar surface area (TPSA) is 90.6 Å². The highest BCUT2D eigenvalue weighted by Crippen LogP contribution is 2.39. The molecule has 184 valence electrons. The van der Waals surface area contributed by atoms with Crippen LogP contribution < -0.4 is 5.73 Å². The molecule has 3 aromatic rings. The van der Waals surface area contributed by atoms with Crippen molar-refractivity contribution in [3.05, 3.63) is 64.5 Å². The average molecular weight is 486 g/mol. The van der Waals surface area contributed by atoms with Crippen LogP contribution in [0.25, 0.3) is 10.9 Å². The summed E-state index contributed by atoms with van der Waals surface area (Å²) in [6, 6.07) is 7.34. The van der Waals surface area contributed by atoms with E-state index in [1.165, 1.54) is 6.07 Å². The normalized spacial score (nSPS) is 21.2. The fraction of sp³-hybridized carbons (Fsp3) is 0.400. The molecule has 0 spiro atoms. The van der Waals surface area contributed by atoms with Gasteiger partial charge in [0.2, 0.25) is 0 Å². The van der Waals surface area contributed by atoms with Crippen LogP contribution in [-0.4, -0.2) is 39.5 Å². The van der Waals surface area contributed by atoms with E-state index in [1.807, 2.05) is 13.8 Å². The van der Waals surface area contributed by atoms with Crippen molar-refractivity contribution in [3.63, 3.8) is 0 Å². The van der Waals surface area contributed by atoms with Gasteiger partial charge in [0.1, 0.15) is 5.82 Å². The first-order valence-corrected chi connectivity index (χ1v) is 11.5. The number of carbonyl (C=O) groups is 1. The molecule has 0 unspecified atom stereocenters. The van der Waals surface area contributed by atoms with E-state index in [1.54, 1.807) is 23.1 Å². The molecule has 0 bridgehead atoms. The van der Waals surface area contributed by atoms with Crippen molar-refractivity contribution in [2.45, 2.75) is 57.8 Å². The van der Waals surface area contributed by atoms with Crippen LogP contribution in [0.4, 0.5) is 19.0 Å². The number of pyridine rings is 2. The molecule has 1 saturated carbocycles. The molecule has 0 radical (unpaired) electrons. The molecule has 2 aromatic heterocycles. The number of hydrogen-bond acceptors (Lipinski definition) is 6. The maximum absolute atomic E-state index is 13.7. The Morgan fingerprint density at radius 3 is 2.77 bits per heavy atom. The predicted octanol–water partition coefficient (Wildman–Crippen LogP) is 4.64. The van der Waals surface area contributed by atoms with E-state index >= 15 is 0 Å². The molecule has 0 saturated heterocycles. The van der Waals surface area contributed by atoms with E-state index in [2.05, 4.69) is 9.97 Å². The second-order valence-corrected chi connectivity index (χ2v) is 8.84. The van der Waals surface area contributed by atoms with Crippen LogP contribution in [0.3, 0.4) is 0 Å². The Labute approximate surface area is 200 Å². The first-order valence-electron chi connectivity index (χ1n) is 11.5. The van der Waals surface area contributed by atoms with Gasteiger partial charge in [-0.25, -0.2) is 4.98 Å². The molecule has 10 heteroatoms. The zero-order valence-electron chi connectivity index (χ0n) is 19.3. The van der Waals surface area contributed by atoms with Gasteiger partial charge in [-0.2, -0.15) is 13.2 Å². The summed E-state index contributed by atoms with van der Waals surface area (Å²) in [4.78, 5) is 23.7. The smallest absolute Gasteiger partial charge is 0.383 e. The van der Waals surface area contributed by atoms with Crippen molar-refractivity contribution >= 4 is 22.6 Å². The number of hydrogen-bond donors (Lipinski definition) is 1. The zero-order valence-corrected chi connectivity index (χ0v) is 19.3. The van der Waals surface area contributed by atoms with E-state index in [0.29, 0.717) is 42.2 Å². The molecule has 1 aliphatic carbocycles. The highest BCUT2D eigenvalue weighted by Gasteiger charge is 2.45. The van der Waals surface area contributed by atoms with Gasteiger partial charge >= 0.3 is 6.18 Å². The number of amides is 1. The molecule has 3 atom stereocenters. The zero-order chi connectivity index (χ0) is 24.9. The third-order valence-corrected chi connectivity index (χ3v) is 6.52. The second kappa shape index (κ2) is 8.76. The van der Waals surface area contributed by atoms with Gasteiger partial charge in [-0.3, -0.25) is 9.78 Å². The Balaban J connectivity index is 1.47. The molecule has 3 heterocycles. The predicted molar refractivity (Wildman–Crippen MR) is 122 cm³/mol. The Morgan fingerprint density at radius 1 is 1.29 bits per heavy atom. The molecule has 2 aliphatic rings. The lowest BCUT2D eigenvalue weighted by Gasteiger charge is -2.23. The van der Waals surface area contributed by atoms with Crippen molar-refractivity contribution in [1.29, 1.82) is 0 Å². The van der Waals surface area contributed by atoms with Gasteiger partial charge in [-0.05, 0) is 56.2 Å². The molecule has 1 aliphatic heterocycles. The number of anilines is 1. The van der Waals surface area contributed by atoms with E-state index in [-0.39, 0.29) is 30.7 Å². The number of ether oxygens (including phenoxy) is 2. The van der Waals surface area contributed by atoms with Crippen LogP contribution in [0.1, 0.15) is 59.1 Å². The van der Waals surface area contributed by atoms with Gasteiger partial charge in [0, 0.05) is 29.3 Å². The summed E-state index contributed by atoms with van der Waals surface area (Å²) in [7, 11) is 0. The minimum absolute atomic E-state index is 0.0709. The minimum atomic E-state index is -4.47. The summed E-state index contributed by atoms with van der Waals surface area (Å²) in [5.74, 6) is 0.169. The first-order chi connectivity index (χ1) is 16.7. The summed E-state index contributed by atoms with van der Waals surface area (Å²) < 4.78 is 50.2. The van der Waals surface area contributed by atoms with Crippen molar-refractivity contribution in [1.82, 2.24) is 14.9 Å². The summed E-state index contributed by atoms with van der Waals surface area (Å²) >= 11 is 0. The molecular formula is C25H25F3N4O3. The molecule has 7 nitrogen and oxygen atoms in total. The Morgan fingerprint density at radius 2 is 2.09 bits per heavy atom. The SMILES string of the molecule is CCO[C@@H]1C[C@H]1N(Cc1ccc(C(F)(F)F)cn1)C(=O)c1ccc2nc(N)c3c(c2c1)CO[C@@H]3C.